The third-order valence-electron chi connectivity index (χ3n) is 3.37. The summed E-state index contributed by atoms with van der Waals surface area (Å²) in [7, 11) is 0. The summed E-state index contributed by atoms with van der Waals surface area (Å²) in [5, 5.41) is 0.806. The molecule has 0 radical (unpaired) electrons. The first-order valence-corrected chi connectivity index (χ1v) is 6.77. The minimum absolute atomic E-state index is 0.806. The van der Waals surface area contributed by atoms with Crippen molar-refractivity contribution in [2.75, 3.05) is 19.6 Å². The van der Waals surface area contributed by atoms with Gasteiger partial charge in [0.2, 0.25) is 0 Å². The molecule has 0 amide bonds. The average molecular weight is 219 g/mol. The molecule has 0 bridgehead atoms. The number of fused-ring (bicyclic) bond motifs is 1. The van der Waals surface area contributed by atoms with Crippen LogP contribution in [0.2, 0.25) is 0 Å². The van der Waals surface area contributed by atoms with Crippen LogP contribution in [0.25, 0.3) is 0 Å². The van der Waals surface area contributed by atoms with Gasteiger partial charge in [-0.3, -0.25) is 0 Å². The van der Waals surface area contributed by atoms with Crippen molar-refractivity contribution in [3.8, 4) is 0 Å². The van der Waals surface area contributed by atoms with Crippen LogP contribution in [-0.2, 0) is 6.42 Å². The zero-order chi connectivity index (χ0) is 10.1. The first kappa shape index (κ1) is 9.73. The summed E-state index contributed by atoms with van der Waals surface area (Å²) in [5.74, 6) is 0. The zero-order valence-corrected chi connectivity index (χ0v) is 9.80. The molecule has 1 atom stereocenters. The Morgan fingerprint density at radius 3 is 2.80 bits per heavy atom. The summed E-state index contributed by atoms with van der Waals surface area (Å²) < 4.78 is 0. The number of hydrogen-bond donors (Lipinski definition) is 0. The van der Waals surface area contributed by atoms with Crippen molar-refractivity contribution in [2.45, 2.75) is 29.4 Å². The molecule has 1 fully saturated rings. The molecule has 1 unspecified atom stereocenters. The number of nitrogens with zero attached hydrogens (tertiary/aromatic N) is 1. The molecular formula is C13H17NS. The quantitative estimate of drug-likeness (QED) is 0.752. The number of thioether (sulfide) groups is 1. The zero-order valence-electron chi connectivity index (χ0n) is 8.98. The first-order valence-electron chi connectivity index (χ1n) is 5.89. The van der Waals surface area contributed by atoms with E-state index >= 15 is 0 Å². The highest BCUT2D eigenvalue weighted by Gasteiger charge is 2.24. The number of rotatable bonds is 2. The second-order valence-electron chi connectivity index (χ2n) is 4.56. The molecule has 1 aromatic carbocycles. The fourth-order valence-electron chi connectivity index (χ4n) is 2.61. The molecule has 15 heavy (non-hydrogen) atoms. The van der Waals surface area contributed by atoms with Crippen LogP contribution >= 0.6 is 11.8 Å². The highest BCUT2D eigenvalue weighted by molar-refractivity contribution is 8.00. The molecular weight excluding hydrogens is 202 g/mol. The maximum Gasteiger partial charge on any atom is 0.0263 e. The van der Waals surface area contributed by atoms with E-state index in [4.69, 9.17) is 0 Å². The maximum absolute atomic E-state index is 2.63. The van der Waals surface area contributed by atoms with Crippen molar-refractivity contribution in [3.05, 3.63) is 29.8 Å². The van der Waals surface area contributed by atoms with Gasteiger partial charge in [-0.25, -0.2) is 0 Å². The molecule has 0 aliphatic carbocycles. The Bertz CT molecular complexity index is 319. The standard InChI is InChI=1S/C13H17NS/c1-2-6-13-11(5-1)9-12(15-13)10-14-7-3-4-8-14/h1-2,5-6,12H,3-4,7-10H2. The fraction of sp³-hybridized carbons (Fsp3) is 0.538. The lowest BCUT2D eigenvalue weighted by Gasteiger charge is -2.18. The van der Waals surface area contributed by atoms with Gasteiger partial charge in [-0.15, -0.1) is 11.8 Å². The van der Waals surface area contributed by atoms with Gasteiger partial charge in [-0.05, 0) is 44.0 Å². The van der Waals surface area contributed by atoms with E-state index in [0.29, 0.717) is 0 Å². The smallest absolute Gasteiger partial charge is 0.0263 e. The van der Waals surface area contributed by atoms with Crippen LogP contribution in [0.4, 0.5) is 0 Å². The predicted molar refractivity (Wildman–Crippen MR) is 65.5 cm³/mol. The average Bonchev–Trinajstić information content (AvgIpc) is 2.86. The molecule has 1 nitrogen and oxygen atoms in total. The second-order valence-corrected chi connectivity index (χ2v) is 5.90. The van der Waals surface area contributed by atoms with E-state index in [0.717, 1.165) is 5.25 Å². The Balaban J connectivity index is 1.63. The molecule has 80 valence electrons. The minimum Gasteiger partial charge on any atom is -0.302 e. The molecule has 0 spiro atoms. The highest BCUT2D eigenvalue weighted by atomic mass is 32.2. The molecule has 0 saturated carbocycles. The highest BCUT2D eigenvalue weighted by Crippen LogP contribution is 2.37. The Labute approximate surface area is 95.9 Å². The summed E-state index contributed by atoms with van der Waals surface area (Å²) >= 11 is 2.08. The van der Waals surface area contributed by atoms with Crippen LogP contribution in [0, 0.1) is 0 Å². The fourth-order valence-corrected chi connectivity index (χ4v) is 3.98. The van der Waals surface area contributed by atoms with Crippen LogP contribution in [-0.4, -0.2) is 29.8 Å². The predicted octanol–water partition coefficient (Wildman–Crippen LogP) is 2.80. The lowest BCUT2D eigenvalue weighted by atomic mass is 10.1. The normalized spacial score (nSPS) is 25.7. The van der Waals surface area contributed by atoms with E-state index in [-0.39, 0.29) is 0 Å². The Hall–Kier alpha value is -0.470. The van der Waals surface area contributed by atoms with E-state index < -0.39 is 0 Å². The van der Waals surface area contributed by atoms with E-state index in [9.17, 15) is 0 Å². The van der Waals surface area contributed by atoms with Crippen LogP contribution in [0.15, 0.2) is 29.2 Å². The summed E-state index contributed by atoms with van der Waals surface area (Å²) in [6.45, 7) is 3.94. The lowest BCUT2D eigenvalue weighted by molar-refractivity contribution is 0.339. The number of hydrogen-bond acceptors (Lipinski definition) is 2. The van der Waals surface area contributed by atoms with Gasteiger partial charge in [0.05, 0.1) is 0 Å². The van der Waals surface area contributed by atoms with Crippen LogP contribution < -0.4 is 0 Å². The molecule has 2 aliphatic heterocycles. The van der Waals surface area contributed by atoms with Crippen molar-refractivity contribution < 1.29 is 0 Å². The summed E-state index contributed by atoms with van der Waals surface area (Å²) in [6.07, 6.45) is 4.09. The SMILES string of the molecule is c1ccc2c(c1)CC(CN1CCCC1)S2. The molecule has 1 aromatic rings. The van der Waals surface area contributed by atoms with Crippen molar-refractivity contribution in [1.29, 1.82) is 0 Å². The van der Waals surface area contributed by atoms with E-state index in [2.05, 4.69) is 40.9 Å². The van der Waals surface area contributed by atoms with Gasteiger partial charge in [0.1, 0.15) is 0 Å². The van der Waals surface area contributed by atoms with E-state index in [1.54, 1.807) is 5.56 Å². The molecule has 2 aliphatic rings. The summed E-state index contributed by atoms with van der Waals surface area (Å²) in [6, 6.07) is 8.87. The molecule has 0 N–H and O–H groups in total. The van der Waals surface area contributed by atoms with Gasteiger partial charge in [-0.2, -0.15) is 0 Å². The van der Waals surface area contributed by atoms with E-state index in [1.165, 1.54) is 43.8 Å². The topological polar surface area (TPSA) is 3.24 Å². The molecule has 2 heteroatoms. The lowest BCUT2D eigenvalue weighted by Crippen LogP contribution is -2.27. The number of benzene rings is 1. The molecule has 3 rings (SSSR count). The number of likely N-dealkylation sites (tertiary alicyclic amines) is 1. The molecule has 1 saturated heterocycles. The van der Waals surface area contributed by atoms with E-state index in [1.807, 2.05) is 0 Å². The maximum atomic E-state index is 2.63. The largest absolute Gasteiger partial charge is 0.302 e. The Morgan fingerprint density at radius 2 is 2.00 bits per heavy atom. The van der Waals surface area contributed by atoms with Crippen molar-refractivity contribution in [3.63, 3.8) is 0 Å². The van der Waals surface area contributed by atoms with Crippen molar-refractivity contribution >= 4 is 11.8 Å². The van der Waals surface area contributed by atoms with Crippen LogP contribution in [0.3, 0.4) is 0 Å². The van der Waals surface area contributed by atoms with Crippen LogP contribution in [0.1, 0.15) is 18.4 Å². The Morgan fingerprint density at radius 1 is 1.20 bits per heavy atom. The van der Waals surface area contributed by atoms with Gasteiger partial charge in [0.25, 0.3) is 0 Å². The first-order chi connectivity index (χ1) is 7.42. The Kier molecular flexibility index (Phi) is 2.72. The summed E-state index contributed by atoms with van der Waals surface area (Å²) in [5.41, 5.74) is 1.56. The van der Waals surface area contributed by atoms with Gasteiger partial charge in [0.15, 0.2) is 0 Å². The third-order valence-corrected chi connectivity index (χ3v) is 4.68. The van der Waals surface area contributed by atoms with Gasteiger partial charge in [0, 0.05) is 16.7 Å². The minimum atomic E-state index is 0.806. The monoisotopic (exact) mass is 219 g/mol. The van der Waals surface area contributed by atoms with Gasteiger partial charge < -0.3 is 4.90 Å². The van der Waals surface area contributed by atoms with Gasteiger partial charge in [-0.1, -0.05) is 18.2 Å². The molecule has 2 heterocycles. The van der Waals surface area contributed by atoms with Gasteiger partial charge >= 0.3 is 0 Å². The van der Waals surface area contributed by atoms with Crippen LogP contribution in [0.5, 0.6) is 0 Å². The second kappa shape index (κ2) is 4.18. The van der Waals surface area contributed by atoms with Crippen molar-refractivity contribution in [2.24, 2.45) is 0 Å². The third kappa shape index (κ3) is 2.06. The van der Waals surface area contributed by atoms with Crippen molar-refractivity contribution in [1.82, 2.24) is 4.90 Å². The summed E-state index contributed by atoms with van der Waals surface area (Å²) in [4.78, 5) is 4.14. The molecule has 0 aromatic heterocycles.